The molecule has 3 N–H and O–H groups in total. The highest BCUT2D eigenvalue weighted by Crippen LogP contribution is 2.41. The molecule has 1 saturated carbocycles. The summed E-state index contributed by atoms with van der Waals surface area (Å²) in [7, 11) is 0. The molecule has 1 amide bonds. The van der Waals surface area contributed by atoms with E-state index in [9.17, 15) is 13.6 Å². The number of anilines is 1. The molecule has 5 heteroatoms. The van der Waals surface area contributed by atoms with Gasteiger partial charge in [0.15, 0.2) is 0 Å². The standard InChI is InChI=1S/C12H14F2N2O/c13-8-3-1-4-9(14)10(8)16-11(17)12(7-15)5-2-6-12/h1,3-4H,2,5-7,15H2,(H,16,17). The second kappa shape index (κ2) is 4.41. The van der Waals surface area contributed by atoms with Gasteiger partial charge in [-0.25, -0.2) is 8.78 Å². The Morgan fingerprint density at radius 2 is 1.94 bits per heavy atom. The van der Waals surface area contributed by atoms with E-state index in [4.69, 9.17) is 5.73 Å². The SMILES string of the molecule is NCC1(C(=O)Nc2c(F)cccc2F)CCC1. The predicted octanol–water partition coefficient (Wildman–Crippen LogP) is 2.03. The lowest BCUT2D eigenvalue weighted by Crippen LogP contribution is -2.47. The van der Waals surface area contributed by atoms with Gasteiger partial charge in [0.05, 0.1) is 5.41 Å². The Bertz CT molecular complexity index is 418. The van der Waals surface area contributed by atoms with Crippen LogP contribution in [-0.4, -0.2) is 12.5 Å². The smallest absolute Gasteiger partial charge is 0.232 e. The van der Waals surface area contributed by atoms with E-state index in [-0.39, 0.29) is 6.54 Å². The molecule has 1 fully saturated rings. The fraction of sp³-hybridized carbons (Fsp3) is 0.417. The number of nitrogens with two attached hydrogens (primary N) is 1. The van der Waals surface area contributed by atoms with Crippen LogP contribution in [0.25, 0.3) is 0 Å². The van der Waals surface area contributed by atoms with Crippen LogP contribution in [0.3, 0.4) is 0 Å². The first-order valence-electron chi connectivity index (χ1n) is 5.55. The van der Waals surface area contributed by atoms with Crippen LogP contribution in [-0.2, 0) is 4.79 Å². The molecule has 0 saturated heterocycles. The molecule has 92 valence electrons. The Hall–Kier alpha value is -1.49. The molecule has 1 aliphatic rings. The second-order valence-corrected chi connectivity index (χ2v) is 4.39. The van der Waals surface area contributed by atoms with Gasteiger partial charge in [0.25, 0.3) is 0 Å². The van der Waals surface area contributed by atoms with Crippen LogP contribution < -0.4 is 11.1 Å². The Labute approximate surface area is 98.0 Å². The predicted molar refractivity (Wildman–Crippen MR) is 60.3 cm³/mol. The summed E-state index contributed by atoms with van der Waals surface area (Å²) in [6, 6.07) is 3.46. The molecule has 17 heavy (non-hydrogen) atoms. The maximum Gasteiger partial charge on any atom is 0.232 e. The molecule has 0 spiro atoms. The Balaban J connectivity index is 2.18. The summed E-state index contributed by atoms with van der Waals surface area (Å²) in [5.74, 6) is -1.94. The lowest BCUT2D eigenvalue weighted by Gasteiger charge is -2.39. The molecule has 1 aromatic rings. The number of benzene rings is 1. The average molecular weight is 240 g/mol. The van der Waals surface area contributed by atoms with Crippen molar-refractivity contribution in [2.75, 3.05) is 11.9 Å². The van der Waals surface area contributed by atoms with E-state index >= 15 is 0 Å². The number of halogens is 2. The largest absolute Gasteiger partial charge is 0.329 e. The highest BCUT2D eigenvalue weighted by atomic mass is 19.1. The third-order valence-electron chi connectivity index (χ3n) is 3.38. The summed E-state index contributed by atoms with van der Waals surface area (Å²) in [6.45, 7) is 0.203. The highest BCUT2D eigenvalue weighted by Gasteiger charge is 2.43. The summed E-state index contributed by atoms with van der Waals surface area (Å²) in [4.78, 5) is 11.9. The number of amides is 1. The topological polar surface area (TPSA) is 55.1 Å². The zero-order valence-corrected chi connectivity index (χ0v) is 9.30. The van der Waals surface area contributed by atoms with Gasteiger partial charge in [-0.05, 0) is 25.0 Å². The van der Waals surface area contributed by atoms with Gasteiger partial charge >= 0.3 is 0 Å². The van der Waals surface area contributed by atoms with Crippen LogP contribution in [0.5, 0.6) is 0 Å². The quantitative estimate of drug-likeness (QED) is 0.849. The van der Waals surface area contributed by atoms with Crippen molar-refractivity contribution >= 4 is 11.6 Å². The van der Waals surface area contributed by atoms with E-state index in [2.05, 4.69) is 5.32 Å². The third kappa shape index (κ3) is 2.02. The normalized spacial score (nSPS) is 17.4. The van der Waals surface area contributed by atoms with E-state index < -0.39 is 28.6 Å². The molecule has 1 aromatic carbocycles. The van der Waals surface area contributed by atoms with Crippen molar-refractivity contribution in [1.82, 2.24) is 0 Å². The Morgan fingerprint density at radius 1 is 1.35 bits per heavy atom. The van der Waals surface area contributed by atoms with E-state index in [1.807, 2.05) is 0 Å². The van der Waals surface area contributed by atoms with Crippen molar-refractivity contribution in [2.45, 2.75) is 19.3 Å². The first kappa shape index (κ1) is 12.0. The molecule has 0 radical (unpaired) electrons. The zero-order chi connectivity index (χ0) is 12.5. The summed E-state index contributed by atoms with van der Waals surface area (Å²) in [6.07, 6.45) is 2.27. The van der Waals surface area contributed by atoms with E-state index in [0.29, 0.717) is 12.8 Å². The lowest BCUT2D eigenvalue weighted by atomic mass is 9.68. The fourth-order valence-electron chi connectivity index (χ4n) is 1.99. The van der Waals surface area contributed by atoms with Crippen LogP contribution in [0.2, 0.25) is 0 Å². The van der Waals surface area contributed by atoms with Crippen LogP contribution in [0.15, 0.2) is 18.2 Å². The van der Waals surface area contributed by atoms with Gasteiger partial charge in [-0.2, -0.15) is 0 Å². The lowest BCUT2D eigenvalue weighted by molar-refractivity contribution is -0.129. The average Bonchev–Trinajstić information content (AvgIpc) is 2.23. The maximum absolute atomic E-state index is 13.3. The van der Waals surface area contributed by atoms with Crippen molar-refractivity contribution < 1.29 is 13.6 Å². The van der Waals surface area contributed by atoms with E-state index in [1.54, 1.807) is 0 Å². The van der Waals surface area contributed by atoms with Crippen molar-refractivity contribution in [3.05, 3.63) is 29.8 Å². The van der Waals surface area contributed by atoms with E-state index in [0.717, 1.165) is 18.6 Å². The number of nitrogens with one attached hydrogen (secondary N) is 1. The molecule has 0 aliphatic heterocycles. The minimum Gasteiger partial charge on any atom is -0.329 e. The van der Waals surface area contributed by atoms with Crippen molar-refractivity contribution in [2.24, 2.45) is 11.1 Å². The van der Waals surface area contributed by atoms with Crippen LogP contribution in [0, 0.1) is 17.0 Å². The molecule has 0 aromatic heterocycles. The zero-order valence-electron chi connectivity index (χ0n) is 9.30. The van der Waals surface area contributed by atoms with Crippen molar-refractivity contribution in [1.29, 1.82) is 0 Å². The molecular weight excluding hydrogens is 226 g/mol. The minimum atomic E-state index is -0.773. The van der Waals surface area contributed by atoms with E-state index in [1.165, 1.54) is 6.07 Å². The Morgan fingerprint density at radius 3 is 2.35 bits per heavy atom. The maximum atomic E-state index is 13.3. The number of carbonyl (C=O) groups is 1. The Kier molecular flexibility index (Phi) is 3.11. The van der Waals surface area contributed by atoms with Gasteiger partial charge in [0.2, 0.25) is 5.91 Å². The minimum absolute atomic E-state index is 0.203. The molecule has 2 rings (SSSR count). The second-order valence-electron chi connectivity index (χ2n) is 4.39. The van der Waals surface area contributed by atoms with Crippen LogP contribution in [0.4, 0.5) is 14.5 Å². The van der Waals surface area contributed by atoms with Gasteiger partial charge in [-0.1, -0.05) is 12.5 Å². The first-order chi connectivity index (χ1) is 8.09. The van der Waals surface area contributed by atoms with Gasteiger partial charge in [-0.15, -0.1) is 0 Å². The molecular formula is C12H14F2N2O. The van der Waals surface area contributed by atoms with Gasteiger partial charge in [0.1, 0.15) is 17.3 Å². The summed E-state index contributed by atoms with van der Waals surface area (Å²) < 4.78 is 26.7. The third-order valence-corrected chi connectivity index (χ3v) is 3.38. The monoisotopic (exact) mass is 240 g/mol. The number of para-hydroxylation sites is 1. The summed E-state index contributed by atoms with van der Waals surface area (Å²) in [5, 5.41) is 2.30. The van der Waals surface area contributed by atoms with Crippen LogP contribution >= 0.6 is 0 Å². The number of carbonyl (C=O) groups excluding carboxylic acids is 1. The highest BCUT2D eigenvalue weighted by molar-refractivity contribution is 5.96. The molecule has 0 unspecified atom stereocenters. The molecule has 0 bridgehead atoms. The van der Waals surface area contributed by atoms with Gasteiger partial charge in [-0.3, -0.25) is 4.79 Å². The summed E-state index contributed by atoms with van der Waals surface area (Å²) in [5.41, 5.74) is 4.52. The number of hydrogen-bond acceptors (Lipinski definition) is 2. The first-order valence-corrected chi connectivity index (χ1v) is 5.55. The van der Waals surface area contributed by atoms with Gasteiger partial charge < -0.3 is 11.1 Å². The molecule has 0 atom stereocenters. The van der Waals surface area contributed by atoms with Gasteiger partial charge in [0, 0.05) is 6.54 Å². The van der Waals surface area contributed by atoms with Crippen molar-refractivity contribution in [3.63, 3.8) is 0 Å². The summed E-state index contributed by atoms with van der Waals surface area (Å²) >= 11 is 0. The molecule has 0 heterocycles. The fourth-order valence-corrected chi connectivity index (χ4v) is 1.99. The number of hydrogen-bond donors (Lipinski definition) is 2. The molecule has 1 aliphatic carbocycles. The van der Waals surface area contributed by atoms with Crippen molar-refractivity contribution in [3.8, 4) is 0 Å². The number of rotatable bonds is 3. The van der Waals surface area contributed by atoms with Crippen LogP contribution in [0.1, 0.15) is 19.3 Å². The molecule has 3 nitrogen and oxygen atoms in total.